The number of carbonyl (C=O) groups is 2. The van der Waals surface area contributed by atoms with Crippen molar-refractivity contribution in [1.29, 1.82) is 0 Å². The molecule has 0 aliphatic carbocycles. The lowest BCUT2D eigenvalue weighted by Crippen LogP contribution is -2.35. The van der Waals surface area contributed by atoms with E-state index >= 15 is 0 Å². The number of halogens is 2. The first-order chi connectivity index (χ1) is 12.4. The molecule has 0 bridgehead atoms. The van der Waals surface area contributed by atoms with Gasteiger partial charge in [-0.05, 0) is 29.3 Å². The van der Waals surface area contributed by atoms with E-state index in [0.717, 1.165) is 23.3 Å². The molecule has 2 amide bonds. The molecule has 1 N–H and O–H groups in total. The van der Waals surface area contributed by atoms with Crippen molar-refractivity contribution in [3.05, 3.63) is 57.6 Å². The van der Waals surface area contributed by atoms with Gasteiger partial charge in [0, 0.05) is 13.5 Å². The summed E-state index contributed by atoms with van der Waals surface area (Å²) in [5.74, 6) is 0.369. The number of carbonyl (C=O) groups excluding carboxylic acids is 2. The van der Waals surface area contributed by atoms with Crippen molar-refractivity contribution in [3.8, 4) is 5.75 Å². The second-order valence-electron chi connectivity index (χ2n) is 6.11. The molecular formula is C19H18Cl2N2O3. The Balaban J connectivity index is 1.58. The monoisotopic (exact) mass is 392 g/mol. The van der Waals surface area contributed by atoms with E-state index in [4.69, 9.17) is 27.9 Å². The van der Waals surface area contributed by atoms with Gasteiger partial charge in [-0.1, -0.05) is 41.4 Å². The van der Waals surface area contributed by atoms with Crippen LogP contribution in [0.2, 0.25) is 10.0 Å². The Morgan fingerprint density at radius 1 is 1.19 bits per heavy atom. The number of nitrogens with zero attached hydrogens (tertiary/aromatic N) is 1. The van der Waals surface area contributed by atoms with Crippen LogP contribution < -0.4 is 10.1 Å². The van der Waals surface area contributed by atoms with Crippen LogP contribution in [0.3, 0.4) is 0 Å². The molecular weight excluding hydrogens is 375 g/mol. The van der Waals surface area contributed by atoms with Crippen LogP contribution in [0.5, 0.6) is 5.75 Å². The van der Waals surface area contributed by atoms with Gasteiger partial charge in [0.05, 0.1) is 35.3 Å². The van der Waals surface area contributed by atoms with Crippen LogP contribution in [-0.4, -0.2) is 36.9 Å². The smallest absolute Gasteiger partial charge is 0.244 e. The second kappa shape index (κ2) is 7.98. The molecule has 2 aromatic carbocycles. The number of ether oxygens (including phenoxy) is 1. The molecule has 1 aliphatic rings. The van der Waals surface area contributed by atoms with Gasteiger partial charge >= 0.3 is 0 Å². The number of fused-ring (bicyclic) bond motifs is 1. The molecule has 2 aromatic rings. The summed E-state index contributed by atoms with van der Waals surface area (Å²) in [7, 11) is 1.59. The van der Waals surface area contributed by atoms with E-state index in [2.05, 4.69) is 5.32 Å². The molecule has 0 fully saturated rings. The molecule has 7 heteroatoms. The lowest BCUT2D eigenvalue weighted by Gasteiger charge is -2.18. The Hall–Kier alpha value is -2.24. The average Bonchev–Trinajstić information content (AvgIpc) is 3.06. The van der Waals surface area contributed by atoms with Crippen molar-refractivity contribution >= 4 is 40.7 Å². The third-order valence-corrected chi connectivity index (χ3v) is 4.77. The van der Waals surface area contributed by atoms with Gasteiger partial charge in [-0.25, -0.2) is 0 Å². The zero-order chi connectivity index (χ0) is 18.7. The van der Waals surface area contributed by atoms with Crippen molar-refractivity contribution in [1.82, 2.24) is 4.90 Å². The number of rotatable bonds is 5. The minimum Gasteiger partial charge on any atom is -0.493 e. The number of hydrogen-bond donors (Lipinski definition) is 1. The second-order valence-corrected chi connectivity index (χ2v) is 6.93. The topological polar surface area (TPSA) is 58.6 Å². The van der Waals surface area contributed by atoms with Crippen LogP contribution in [-0.2, 0) is 22.4 Å². The number of hydrogen-bond acceptors (Lipinski definition) is 3. The lowest BCUT2D eigenvalue weighted by atomic mass is 10.1. The molecule has 26 heavy (non-hydrogen) atoms. The Morgan fingerprint density at radius 3 is 2.65 bits per heavy atom. The van der Waals surface area contributed by atoms with Gasteiger partial charge in [-0.2, -0.15) is 0 Å². The third kappa shape index (κ3) is 4.29. The molecule has 5 nitrogen and oxygen atoms in total. The summed E-state index contributed by atoms with van der Waals surface area (Å²) in [6.07, 6.45) is 1.08. The highest BCUT2D eigenvalue weighted by Gasteiger charge is 2.17. The SMILES string of the molecule is CN(CC(=O)Nc1c(Cl)cccc1Cl)C(=O)Cc1ccc2c(c1)CCO2. The standard InChI is InChI=1S/C19H18Cl2N2O3/c1-23(11-17(24)22-19-14(20)3-2-4-15(19)21)18(25)10-12-5-6-16-13(9-12)7-8-26-16/h2-6,9H,7-8,10-11H2,1H3,(H,22,24). The maximum absolute atomic E-state index is 12.4. The van der Waals surface area contributed by atoms with Gasteiger partial charge in [0.15, 0.2) is 0 Å². The summed E-state index contributed by atoms with van der Waals surface area (Å²) in [4.78, 5) is 26.0. The number of likely N-dealkylation sites (N-methyl/N-ethyl adjacent to an activating group) is 1. The Labute approximate surface area is 161 Å². The van der Waals surface area contributed by atoms with Gasteiger partial charge in [-0.15, -0.1) is 0 Å². The van der Waals surface area contributed by atoms with Crippen LogP contribution in [0.1, 0.15) is 11.1 Å². The predicted molar refractivity (Wildman–Crippen MR) is 102 cm³/mol. The van der Waals surface area contributed by atoms with Crippen LogP contribution in [0.15, 0.2) is 36.4 Å². The Morgan fingerprint density at radius 2 is 1.92 bits per heavy atom. The molecule has 0 saturated heterocycles. The van der Waals surface area contributed by atoms with Crippen LogP contribution in [0.4, 0.5) is 5.69 Å². The number of amides is 2. The first kappa shape index (κ1) is 18.5. The summed E-state index contributed by atoms with van der Waals surface area (Å²) < 4.78 is 5.46. The van der Waals surface area contributed by atoms with Gasteiger partial charge in [0.1, 0.15) is 5.75 Å². The maximum Gasteiger partial charge on any atom is 0.244 e. The predicted octanol–water partition coefficient (Wildman–Crippen LogP) is 3.57. The molecule has 0 saturated carbocycles. The minimum atomic E-state index is -0.363. The minimum absolute atomic E-state index is 0.0889. The molecule has 1 heterocycles. The fourth-order valence-electron chi connectivity index (χ4n) is 2.76. The fourth-order valence-corrected chi connectivity index (χ4v) is 3.25. The number of benzene rings is 2. The number of anilines is 1. The fraction of sp³-hybridized carbons (Fsp3) is 0.263. The molecule has 0 aromatic heterocycles. The van der Waals surface area contributed by atoms with E-state index in [-0.39, 0.29) is 24.8 Å². The molecule has 1 aliphatic heterocycles. The number of nitrogens with one attached hydrogen (secondary N) is 1. The summed E-state index contributed by atoms with van der Waals surface area (Å²) in [5, 5.41) is 3.34. The van der Waals surface area contributed by atoms with Gasteiger partial charge in [0.25, 0.3) is 0 Å². The van der Waals surface area contributed by atoms with Gasteiger partial charge < -0.3 is 15.0 Å². The molecule has 0 radical (unpaired) electrons. The quantitative estimate of drug-likeness (QED) is 0.845. The van der Waals surface area contributed by atoms with Gasteiger partial charge in [-0.3, -0.25) is 9.59 Å². The largest absolute Gasteiger partial charge is 0.493 e. The van der Waals surface area contributed by atoms with Crippen molar-refractivity contribution < 1.29 is 14.3 Å². The van der Waals surface area contributed by atoms with Crippen molar-refractivity contribution in [3.63, 3.8) is 0 Å². The highest BCUT2D eigenvalue weighted by molar-refractivity contribution is 6.39. The van der Waals surface area contributed by atoms with Crippen LogP contribution in [0, 0.1) is 0 Å². The van der Waals surface area contributed by atoms with E-state index in [1.54, 1.807) is 25.2 Å². The molecule has 3 rings (SSSR count). The summed E-state index contributed by atoms with van der Waals surface area (Å²) in [6, 6.07) is 10.7. The first-order valence-corrected chi connectivity index (χ1v) is 8.92. The zero-order valence-corrected chi connectivity index (χ0v) is 15.7. The summed E-state index contributed by atoms with van der Waals surface area (Å²) in [5.41, 5.74) is 2.37. The zero-order valence-electron chi connectivity index (χ0n) is 14.2. The summed E-state index contributed by atoms with van der Waals surface area (Å²) >= 11 is 12.1. The van der Waals surface area contributed by atoms with Gasteiger partial charge in [0.2, 0.25) is 11.8 Å². The van der Waals surface area contributed by atoms with E-state index in [0.29, 0.717) is 22.3 Å². The molecule has 0 spiro atoms. The van der Waals surface area contributed by atoms with E-state index in [1.165, 1.54) is 4.90 Å². The van der Waals surface area contributed by atoms with E-state index in [9.17, 15) is 9.59 Å². The highest BCUT2D eigenvalue weighted by Crippen LogP contribution is 2.29. The third-order valence-electron chi connectivity index (χ3n) is 4.14. The average molecular weight is 393 g/mol. The van der Waals surface area contributed by atoms with Crippen molar-refractivity contribution in [2.45, 2.75) is 12.8 Å². The Bertz CT molecular complexity index is 834. The molecule has 0 unspecified atom stereocenters. The lowest BCUT2D eigenvalue weighted by molar-refractivity contribution is -0.132. The molecule has 0 atom stereocenters. The summed E-state index contributed by atoms with van der Waals surface area (Å²) in [6.45, 7) is 0.589. The van der Waals surface area contributed by atoms with Crippen molar-refractivity contribution in [2.75, 3.05) is 25.5 Å². The van der Waals surface area contributed by atoms with E-state index < -0.39 is 0 Å². The van der Waals surface area contributed by atoms with Crippen molar-refractivity contribution in [2.24, 2.45) is 0 Å². The molecule has 136 valence electrons. The number of para-hydroxylation sites is 1. The normalized spacial score (nSPS) is 12.3. The van der Waals surface area contributed by atoms with Crippen LogP contribution in [0.25, 0.3) is 0 Å². The van der Waals surface area contributed by atoms with E-state index in [1.807, 2.05) is 18.2 Å². The first-order valence-electron chi connectivity index (χ1n) is 8.16. The maximum atomic E-state index is 12.4. The van der Waals surface area contributed by atoms with Crippen LogP contribution >= 0.6 is 23.2 Å². The Kier molecular flexibility index (Phi) is 5.69. The highest BCUT2D eigenvalue weighted by atomic mass is 35.5.